The highest BCUT2D eigenvalue weighted by Crippen LogP contribution is 2.42. The molecule has 2 aromatic heterocycles. The Morgan fingerprint density at radius 2 is 1.96 bits per heavy atom. The highest BCUT2D eigenvalue weighted by molar-refractivity contribution is 5.48. The summed E-state index contributed by atoms with van der Waals surface area (Å²) in [7, 11) is 0. The van der Waals surface area contributed by atoms with Crippen LogP contribution in [0.15, 0.2) is 12.1 Å². The molecule has 0 spiro atoms. The Hall–Kier alpha value is -2.16. The quantitative estimate of drug-likeness (QED) is 0.746. The molecule has 1 saturated carbocycles. The van der Waals surface area contributed by atoms with Gasteiger partial charge in [0.15, 0.2) is 5.65 Å². The number of hydrogen-bond acceptors (Lipinski definition) is 4. The molecule has 0 N–H and O–H groups in total. The van der Waals surface area contributed by atoms with Gasteiger partial charge in [0, 0.05) is 24.2 Å². The zero-order valence-electron chi connectivity index (χ0n) is 15.7. The topological polar surface area (TPSA) is 59.7 Å². The van der Waals surface area contributed by atoms with Crippen molar-refractivity contribution in [3.05, 3.63) is 29.2 Å². The molecule has 2 aromatic rings. The first-order valence-electron chi connectivity index (χ1n) is 9.60. The summed E-state index contributed by atoms with van der Waals surface area (Å²) in [6, 6.07) is 3.76. The lowest BCUT2D eigenvalue weighted by atomic mass is 9.80. The third-order valence-electron chi connectivity index (χ3n) is 5.79. The van der Waals surface area contributed by atoms with Crippen molar-refractivity contribution < 1.29 is 22.7 Å². The third-order valence-corrected chi connectivity index (χ3v) is 5.79. The number of amides is 1. The Kier molecular flexibility index (Phi) is 5.03. The van der Waals surface area contributed by atoms with E-state index in [4.69, 9.17) is 4.74 Å². The molecule has 6 nitrogen and oxygen atoms in total. The molecule has 1 aliphatic carbocycles. The third kappa shape index (κ3) is 3.72. The van der Waals surface area contributed by atoms with Crippen LogP contribution in [0, 0.1) is 12.8 Å². The number of rotatable bonds is 3. The van der Waals surface area contributed by atoms with Crippen LogP contribution < -0.4 is 0 Å². The number of carbonyl (C=O) groups excluding carboxylic acids is 1. The molecule has 1 atom stereocenters. The highest BCUT2D eigenvalue weighted by atomic mass is 19.4. The highest BCUT2D eigenvalue weighted by Gasteiger charge is 2.42. The second-order valence-corrected chi connectivity index (χ2v) is 7.71. The molecule has 1 saturated heterocycles. The summed E-state index contributed by atoms with van der Waals surface area (Å²) in [6.45, 7) is 3.32. The van der Waals surface area contributed by atoms with Crippen LogP contribution in [0.2, 0.25) is 0 Å². The average Bonchev–Trinajstić information content (AvgIpc) is 3.10. The molecule has 1 amide bonds. The minimum absolute atomic E-state index is 0.00667. The molecule has 1 aliphatic heterocycles. The lowest BCUT2D eigenvalue weighted by molar-refractivity contribution is -0.182. The van der Waals surface area contributed by atoms with E-state index < -0.39 is 12.1 Å². The number of fused-ring (bicyclic) bond motifs is 1. The van der Waals surface area contributed by atoms with Crippen LogP contribution in [0.4, 0.5) is 13.2 Å². The van der Waals surface area contributed by atoms with E-state index in [2.05, 4.69) is 10.1 Å². The molecule has 2 aliphatic rings. The number of aromatic nitrogens is 3. The van der Waals surface area contributed by atoms with Gasteiger partial charge in [-0.2, -0.15) is 18.3 Å². The lowest BCUT2D eigenvalue weighted by Gasteiger charge is -2.30. The number of ether oxygens (including phenoxy) is 1. The summed E-state index contributed by atoms with van der Waals surface area (Å²) < 4.78 is 46.4. The molecule has 2 fully saturated rings. The number of nitrogens with zero attached hydrogens (tertiary/aromatic N) is 4. The molecule has 152 valence electrons. The van der Waals surface area contributed by atoms with E-state index in [-0.39, 0.29) is 24.9 Å². The lowest BCUT2D eigenvalue weighted by Crippen LogP contribution is -2.38. The Bertz CT molecular complexity index is 859. The monoisotopic (exact) mass is 396 g/mol. The number of carbonyl (C=O) groups is 1. The maximum absolute atomic E-state index is 12.9. The van der Waals surface area contributed by atoms with Gasteiger partial charge in [0.05, 0.1) is 30.5 Å². The van der Waals surface area contributed by atoms with E-state index in [1.165, 1.54) is 0 Å². The van der Waals surface area contributed by atoms with E-state index in [1.807, 2.05) is 19.1 Å². The van der Waals surface area contributed by atoms with Gasteiger partial charge in [0.25, 0.3) is 0 Å². The fraction of sp³-hybridized carbons (Fsp3) is 0.632. The van der Waals surface area contributed by atoms with Crippen LogP contribution in [0.3, 0.4) is 0 Å². The van der Waals surface area contributed by atoms with Gasteiger partial charge < -0.3 is 9.64 Å². The van der Waals surface area contributed by atoms with Crippen molar-refractivity contribution in [3.8, 4) is 0 Å². The summed E-state index contributed by atoms with van der Waals surface area (Å²) in [5.74, 6) is -1.20. The summed E-state index contributed by atoms with van der Waals surface area (Å²) in [5.41, 5.74) is 3.06. The maximum atomic E-state index is 12.9. The van der Waals surface area contributed by atoms with Crippen molar-refractivity contribution in [1.29, 1.82) is 0 Å². The zero-order chi connectivity index (χ0) is 19.9. The Morgan fingerprint density at radius 1 is 1.21 bits per heavy atom. The number of halogens is 3. The summed E-state index contributed by atoms with van der Waals surface area (Å²) >= 11 is 0. The van der Waals surface area contributed by atoms with Crippen molar-refractivity contribution in [2.24, 2.45) is 5.92 Å². The molecule has 9 heteroatoms. The van der Waals surface area contributed by atoms with Crippen molar-refractivity contribution in [2.75, 3.05) is 19.7 Å². The molecule has 0 aromatic carbocycles. The SMILES string of the molecule is Cc1cc([C@H]2CN(C=O)CCO2)n2nc([C@H]3CC[C@H](C(F)(F)F)CC3)cc2n1. The van der Waals surface area contributed by atoms with Crippen molar-refractivity contribution >= 4 is 12.1 Å². The predicted octanol–water partition coefficient (Wildman–Crippen LogP) is 3.40. The number of aryl methyl sites for hydroxylation is 1. The van der Waals surface area contributed by atoms with Crippen LogP contribution in [0.25, 0.3) is 5.65 Å². The Balaban J connectivity index is 1.60. The van der Waals surface area contributed by atoms with Crippen LogP contribution in [0.1, 0.15) is 54.8 Å². The van der Waals surface area contributed by atoms with Crippen LogP contribution in [-0.2, 0) is 9.53 Å². The second-order valence-electron chi connectivity index (χ2n) is 7.71. The van der Waals surface area contributed by atoms with E-state index >= 15 is 0 Å². The first-order chi connectivity index (χ1) is 13.3. The normalized spacial score (nSPS) is 26.6. The molecular weight excluding hydrogens is 373 g/mol. The Morgan fingerprint density at radius 3 is 2.64 bits per heavy atom. The molecular formula is C19H23F3N4O2. The van der Waals surface area contributed by atoms with E-state index in [9.17, 15) is 18.0 Å². The first kappa shape index (κ1) is 19.2. The van der Waals surface area contributed by atoms with E-state index in [0.29, 0.717) is 38.2 Å². The maximum Gasteiger partial charge on any atom is 0.391 e. The fourth-order valence-corrected chi connectivity index (χ4v) is 4.24. The predicted molar refractivity (Wildman–Crippen MR) is 94.8 cm³/mol. The van der Waals surface area contributed by atoms with E-state index in [1.54, 1.807) is 9.42 Å². The van der Waals surface area contributed by atoms with Crippen LogP contribution in [-0.4, -0.2) is 51.8 Å². The molecule has 28 heavy (non-hydrogen) atoms. The van der Waals surface area contributed by atoms with Crippen LogP contribution >= 0.6 is 0 Å². The summed E-state index contributed by atoms with van der Waals surface area (Å²) in [5, 5.41) is 4.68. The minimum Gasteiger partial charge on any atom is -0.368 e. The molecule has 4 rings (SSSR count). The fourth-order valence-electron chi connectivity index (χ4n) is 4.24. The molecule has 0 unspecified atom stereocenters. The molecule has 3 heterocycles. The van der Waals surface area contributed by atoms with Gasteiger partial charge in [-0.3, -0.25) is 4.79 Å². The van der Waals surface area contributed by atoms with Gasteiger partial charge in [-0.1, -0.05) is 0 Å². The number of alkyl halides is 3. The minimum atomic E-state index is -4.11. The van der Waals surface area contributed by atoms with Gasteiger partial charge in [-0.15, -0.1) is 0 Å². The summed E-state index contributed by atoms with van der Waals surface area (Å²) in [4.78, 5) is 17.3. The standard InChI is InChI=1S/C19H23F3N4O2/c1-12-8-16(17-10-25(11-27)6-7-28-17)26-18(23-12)9-15(24-26)13-2-4-14(5-3-13)19(20,21)22/h8-9,11,13-14,17H,2-7,10H2,1H3/t13-,14-,17-/m1/s1. The van der Waals surface area contributed by atoms with Gasteiger partial charge in [-0.25, -0.2) is 9.50 Å². The Labute approximate surface area is 160 Å². The number of hydrogen-bond donors (Lipinski definition) is 0. The van der Waals surface area contributed by atoms with Gasteiger partial charge in [-0.05, 0) is 38.7 Å². The zero-order valence-corrected chi connectivity index (χ0v) is 15.7. The second kappa shape index (κ2) is 7.35. The van der Waals surface area contributed by atoms with Crippen molar-refractivity contribution in [2.45, 2.75) is 50.8 Å². The average molecular weight is 396 g/mol. The van der Waals surface area contributed by atoms with Gasteiger partial charge >= 0.3 is 6.18 Å². The number of morpholine rings is 1. The first-order valence-corrected chi connectivity index (χ1v) is 9.60. The largest absolute Gasteiger partial charge is 0.391 e. The van der Waals surface area contributed by atoms with Crippen LogP contribution in [0.5, 0.6) is 0 Å². The van der Waals surface area contributed by atoms with Gasteiger partial charge in [0.2, 0.25) is 6.41 Å². The summed E-state index contributed by atoms with van der Waals surface area (Å²) in [6.07, 6.45) is -2.38. The van der Waals surface area contributed by atoms with Crippen molar-refractivity contribution in [3.63, 3.8) is 0 Å². The smallest absolute Gasteiger partial charge is 0.368 e. The van der Waals surface area contributed by atoms with E-state index in [0.717, 1.165) is 23.5 Å². The van der Waals surface area contributed by atoms with Gasteiger partial charge in [0.1, 0.15) is 6.10 Å². The molecule has 0 radical (unpaired) electrons. The van der Waals surface area contributed by atoms with Crippen molar-refractivity contribution in [1.82, 2.24) is 19.5 Å². The molecule has 0 bridgehead atoms.